The van der Waals surface area contributed by atoms with E-state index in [1.807, 2.05) is 43.3 Å². The summed E-state index contributed by atoms with van der Waals surface area (Å²) in [5.74, 6) is -2.17. The summed E-state index contributed by atoms with van der Waals surface area (Å²) in [6.45, 7) is 6.78. The molecule has 6 atom stereocenters. The van der Waals surface area contributed by atoms with Crippen molar-refractivity contribution in [3.63, 3.8) is 0 Å². The van der Waals surface area contributed by atoms with Crippen molar-refractivity contribution in [3.05, 3.63) is 120 Å². The van der Waals surface area contributed by atoms with Crippen LogP contribution in [0.15, 0.2) is 102 Å². The number of nitrogens with zero attached hydrogens (tertiary/aromatic N) is 2. The first-order chi connectivity index (χ1) is 30.3. The van der Waals surface area contributed by atoms with Crippen LogP contribution in [0.2, 0.25) is 0 Å². The maximum absolute atomic E-state index is 14.7. The van der Waals surface area contributed by atoms with E-state index in [1.165, 1.54) is 19.2 Å². The van der Waals surface area contributed by atoms with Crippen molar-refractivity contribution in [3.8, 4) is 11.5 Å². The highest BCUT2D eigenvalue weighted by Gasteiger charge is 2.65. The molecule has 2 aliphatic carbocycles. The summed E-state index contributed by atoms with van der Waals surface area (Å²) in [7, 11) is 1.48. The zero-order chi connectivity index (χ0) is 43.9. The molecule has 14 heteroatoms. The fraction of sp³-hybridized carbons (Fsp3) is 0.479. The number of ether oxygens (including phenoxy) is 5. The highest BCUT2D eigenvalue weighted by Crippen LogP contribution is 2.62. The van der Waals surface area contributed by atoms with Gasteiger partial charge in [-0.3, -0.25) is 4.90 Å². The predicted molar refractivity (Wildman–Crippen MR) is 231 cm³/mol. The van der Waals surface area contributed by atoms with Gasteiger partial charge in [0.15, 0.2) is 0 Å². The largest absolute Gasteiger partial charge is 0.459 e. The number of aliphatic hydroxyl groups excluding tert-OH is 2. The second-order valence-corrected chi connectivity index (χ2v) is 15.8. The first-order valence-electron chi connectivity index (χ1n) is 21.6. The summed E-state index contributed by atoms with van der Waals surface area (Å²) in [6, 6.07) is 20.0. The highest BCUT2D eigenvalue weighted by atomic mass is 19.1. The molecule has 1 heterocycles. The van der Waals surface area contributed by atoms with Gasteiger partial charge in [-0.25, -0.2) is 14.0 Å². The number of allylic oxidation sites excluding steroid dienone is 1. The van der Waals surface area contributed by atoms with E-state index < -0.39 is 35.8 Å². The molecule has 2 amide bonds. The Hall–Kier alpha value is -5.28. The maximum Gasteiger partial charge on any atom is 0.412 e. The Labute approximate surface area is 363 Å². The molecule has 62 heavy (non-hydrogen) atoms. The van der Waals surface area contributed by atoms with Gasteiger partial charge in [-0.05, 0) is 91.5 Å². The number of fused-ring (bicyclic) bond motifs is 2. The van der Waals surface area contributed by atoms with Gasteiger partial charge >= 0.3 is 12.2 Å². The third-order valence-corrected chi connectivity index (χ3v) is 11.8. The SMILES string of the molecule is C=CCO[C@@]12Oc3ccc(OC(=O)NCC)cc3[C@H]3[C@H](CCCCO)[C@@H](CCCCO)C=C(C(=NOC)C[C@@H]1N(Cc1ccc(F)cc1)C(=O)OCCOCc1ccccc1)[C@H]32. The molecule has 0 spiro atoms. The lowest BCUT2D eigenvalue weighted by Gasteiger charge is -2.59. The molecule has 1 saturated carbocycles. The average molecular weight is 858 g/mol. The van der Waals surface area contributed by atoms with E-state index in [0.29, 0.717) is 48.8 Å². The second-order valence-electron chi connectivity index (χ2n) is 15.8. The van der Waals surface area contributed by atoms with Crippen LogP contribution >= 0.6 is 0 Å². The lowest BCUT2D eigenvalue weighted by molar-refractivity contribution is -0.256. The summed E-state index contributed by atoms with van der Waals surface area (Å²) in [4.78, 5) is 34.5. The van der Waals surface area contributed by atoms with Crippen molar-refractivity contribution in [1.29, 1.82) is 0 Å². The standard InChI is InChI=1S/C48H60FN3O10/c1-4-25-60-48-43(52(31-33-17-19-36(49)20-18-33)47(56)59-27-26-58-32-34-13-7-6-8-14-34)30-41(51-57-3)39-28-35(15-9-11-23-53)38(16-10-12-24-54)44(45(39)48)40-29-37(21-22-42(40)62-48)61-46(55)50-5-2/h4,6-8,13-14,17-22,28-29,35,38,43-45,53-54H,1,5,9-12,15-16,23-27,30-32H2,2-3H3,(H,50,55)/t35-,38+,43-,44+,45+,48+/m0/s1. The number of hydrogen-bond donors (Lipinski definition) is 3. The number of aliphatic hydroxyl groups is 2. The molecule has 3 N–H and O–H groups in total. The van der Waals surface area contributed by atoms with Crippen LogP contribution in [0, 0.1) is 23.6 Å². The van der Waals surface area contributed by atoms with Gasteiger partial charge < -0.3 is 44.1 Å². The molecule has 3 aromatic carbocycles. The molecule has 1 fully saturated rings. The van der Waals surface area contributed by atoms with Crippen LogP contribution in [-0.2, 0) is 32.2 Å². The van der Waals surface area contributed by atoms with Crippen LogP contribution in [0.5, 0.6) is 11.5 Å². The van der Waals surface area contributed by atoms with E-state index in [1.54, 1.807) is 35.2 Å². The molecule has 334 valence electrons. The number of oxime groups is 1. The minimum Gasteiger partial charge on any atom is -0.459 e. The Balaban J connectivity index is 1.49. The fourth-order valence-electron chi connectivity index (χ4n) is 9.23. The number of halogens is 1. The molecule has 3 aromatic rings. The molecule has 6 rings (SSSR count). The number of nitrogens with one attached hydrogen (secondary N) is 1. The molecule has 1 aliphatic heterocycles. The molecule has 3 aliphatic rings. The summed E-state index contributed by atoms with van der Waals surface area (Å²) in [5.41, 5.74) is 3.86. The maximum atomic E-state index is 14.7. The van der Waals surface area contributed by atoms with Gasteiger partial charge in [0.2, 0.25) is 5.79 Å². The molecule has 0 saturated heterocycles. The van der Waals surface area contributed by atoms with Crippen LogP contribution in [0.25, 0.3) is 0 Å². The second kappa shape index (κ2) is 22.7. The third kappa shape index (κ3) is 11.0. The lowest BCUT2D eigenvalue weighted by atomic mass is 9.55. The summed E-state index contributed by atoms with van der Waals surface area (Å²) < 4.78 is 46.1. The van der Waals surface area contributed by atoms with Gasteiger partial charge in [0, 0.05) is 44.2 Å². The zero-order valence-corrected chi connectivity index (χ0v) is 35.7. The predicted octanol–water partition coefficient (Wildman–Crippen LogP) is 8.05. The normalized spacial score (nSPS) is 23.0. The smallest absolute Gasteiger partial charge is 0.412 e. The summed E-state index contributed by atoms with van der Waals surface area (Å²) in [5, 5.41) is 27.0. The molecular weight excluding hydrogens is 798 g/mol. The van der Waals surface area contributed by atoms with Crippen molar-refractivity contribution in [2.75, 3.05) is 46.7 Å². The van der Waals surface area contributed by atoms with Crippen molar-refractivity contribution in [1.82, 2.24) is 10.2 Å². The molecule has 0 unspecified atom stereocenters. The topological polar surface area (TPSA) is 158 Å². The molecule has 0 radical (unpaired) electrons. The van der Waals surface area contributed by atoms with Crippen LogP contribution in [-0.4, -0.2) is 91.5 Å². The van der Waals surface area contributed by atoms with Gasteiger partial charge in [-0.1, -0.05) is 72.6 Å². The first kappa shape index (κ1) is 46.2. The van der Waals surface area contributed by atoms with Crippen molar-refractivity contribution >= 4 is 17.9 Å². The lowest BCUT2D eigenvalue weighted by Crippen LogP contribution is -2.70. The quantitative estimate of drug-likeness (QED) is 0.0513. The minimum atomic E-state index is -1.57. The number of rotatable bonds is 22. The number of benzene rings is 3. The Morgan fingerprint density at radius 1 is 1.00 bits per heavy atom. The van der Waals surface area contributed by atoms with Gasteiger partial charge in [0.05, 0.1) is 31.5 Å². The number of carbonyl (C=O) groups excluding carboxylic acids is 2. The van der Waals surface area contributed by atoms with E-state index in [4.69, 9.17) is 28.5 Å². The minimum absolute atomic E-state index is 0.00212. The zero-order valence-electron chi connectivity index (χ0n) is 35.7. The molecular formula is C48H60FN3O10. The van der Waals surface area contributed by atoms with Crippen molar-refractivity contribution < 1.29 is 52.7 Å². The Morgan fingerprint density at radius 2 is 1.76 bits per heavy atom. The van der Waals surface area contributed by atoms with Gasteiger partial charge in [-0.2, -0.15) is 0 Å². The van der Waals surface area contributed by atoms with Gasteiger partial charge in [-0.15, -0.1) is 6.58 Å². The van der Waals surface area contributed by atoms with Gasteiger partial charge in [0.25, 0.3) is 0 Å². The van der Waals surface area contributed by atoms with Crippen LogP contribution < -0.4 is 14.8 Å². The van der Waals surface area contributed by atoms with Crippen LogP contribution in [0.4, 0.5) is 14.0 Å². The van der Waals surface area contributed by atoms with E-state index in [0.717, 1.165) is 42.4 Å². The Bertz CT molecular complexity index is 2000. The van der Waals surface area contributed by atoms with Crippen LogP contribution in [0.1, 0.15) is 74.5 Å². The number of hydrogen-bond acceptors (Lipinski definition) is 11. The average Bonchev–Trinajstić information content (AvgIpc) is 3.27. The van der Waals surface area contributed by atoms with Crippen LogP contribution in [0.3, 0.4) is 0 Å². The van der Waals surface area contributed by atoms with Crippen molar-refractivity contribution in [2.45, 2.75) is 82.8 Å². The van der Waals surface area contributed by atoms with E-state index >= 15 is 0 Å². The molecule has 13 nitrogen and oxygen atoms in total. The Morgan fingerprint density at radius 3 is 2.47 bits per heavy atom. The monoisotopic (exact) mass is 857 g/mol. The molecule has 0 aromatic heterocycles. The summed E-state index contributed by atoms with van der Waals surface area (Å²) in [6.07, 6.45) is 6.96. The van der Waals surface area contributed by atoms with E-state index in [-0.39, 0.29) is 63.8 Å². The number of carbonyl (C=O) groups is 2. The number of amides is 2. The van der Waals surface area contributed by atoms with Gasteiger partial charge in [0.1, 0.15) is 37.1 Å². The third-order valence-electron chi connectivity index (χ3n) is 11.8. The van der Waals surface area contributed by atoms with Crippen molar-refractivity contribution in [2.24, 2.45) is 22.9 Å². The fourth-order valence-corrected chi connectivity index (χ4v) is 9.23. The highest BCUT2D eigenvalue weighted by molar-refractivity contribution is 6.03. The summed E-state index contributed by atoms with van der Waals surface area (Å²) >= 11 is 0. The number of unbranched alkanes of at least 4 members (excludes halogenated alkanes) is 2. The molecule has 0 bridgehead atoms. The Kier molecular flexibility index (Phi) is 16.9. The van der Waals surface area contributed by atoms with E-state index in [9.17, 15) is 24.2 Å². The first-order valence-corrected chi connectivity index (χ1v) is 21.6. The van der Waals surface area contributed by atoms with E-state index in [2.05, 4.69) is 23.1 Å².